The zero-order valence-corrected chi connectivity index (χ0v) is 7.03. The Morgan fingerprint density at radius 3 is 3.00 bits per heavy atom. The van der Waals surface area contributed by atoms with Gasteiger partial charge in [-0.2, -0.15) is 4.98 Å². The minimum Gasteiger partial charge on any atom is -0.506 e. The zero-order valence-electron chi connectivity index (χ0n) is 7.03. The first-order valence-corrected chi connectivity index (χ1v) is 3.87. The number of nitrogens with zero attached hydrogens (tertiary/aromatic N) is 1. The maximum atomic E-state index is 11.0. The van der Waals surface area contributed by atoms with E-state index in [2.05, 4.69) is 9.97 Å². The number of phenolic OH excluding ortho intramolecular Hbond substituents is 1. The van der Waals surface area contributed by atoms with Gasteiger partial charge in [0.05, 0.1) is 0 Å². The monoisotopic (exact) mass is 176 g/mol. The number of fused-ring (bicyclic) bond motifs is 1. The summed E-state index contributed by atoms with van der Waals surface area (Å²) in [7, 11) is 0. The third-order valence-electron chi connectivity index (χ3n) is 1.93. The molecule has 2 aromatic rings. The summed E-state index contributed by atoms with van der Waals surface area (Å²) in [4.78, 5) is 17.2. The Hall–Kier alpha value is -1.84. The summed E-state index contributed by atoms with van der Waals surface area (Å²) >= 11 is 0. The molecule has 4 heteroatoms. The summed E-state index contributed by atoms with van der Waals surface area (Å²) in [6.45, 7) is 1.77. The third-order valence-corrected chi connectivity index (χ3v) is 1.93. The van der Waals surface area contributed by atoms with Crippen molar-refractivity contribution in [2.45, 2.75) is 6.92 Å². The van der Waals surface area contributed by atoms with Crippen LogP contribution >= 0.6 is 0 Å². The number of para-hydroxylation sites is 1. The highest BCUT2D eigenvalue weighted by atomic mass is 16.3. The first-order chi connectivity index (χ1) is 6.18. The Labute approximate surface area is 73.9 Å². The lowest BCUT2D eigenvalue weighted by Gasteiger charge is -2.01. The molecule has 13 heavy (non-hydrogen) atoms. The molecule has 0 saturated heterocycles. The Balaban J connectivity index is 3.03. The highest BCUT2D eigenvalue weighted by Gasteiger charge is 2.03. The highest BCUT2D eigenvalue weighted by molar-refractivity contribution is 5.85. The maximum Gasteiger partial charge on any atom is 0.345 e. The molecule has 0 aliphatic heterocycles. The van der Waals surface area contributed by atoms with Gasteiger partial charge in [0, 0.05) is 11.1 Å². The molecule has 0 fully saturated rings. The molecular formula is C9H8N2O2. The van der Waals surface area contributed by atoms with Crippen LogP contribution in [0.25, 0.3) is 10.9 Å². The van der Waals surface area contributed by atoms with E-state index in [0.717, 1.165) is 5.39 Å². The summed E-state index contributed by atoms with van der Waals surface area (Å²) in [5, 5.41) is 10.2. The molecule has 0 spiro atoms. The number of aryl methyl sites for hydroxylation is 1. The van der Waals surface area contributed by atoms with E-state index in [-0.39, 0.29) is 5.75 Å². The smallest absolute Gasteiger partial charge is 0.345 e. The van der Waals surface area contributed by atoms with Gasteiger partial charge in [-0.15, -0.1) is 0 Å². The second-order valence-electron chi connectivity index (χ2n) is 2.84. The second kappa shape index (κ2) is 2.58. The van der Waals surface area contributed by atoms with Crippen LogP contribution in [0.2, 0.25) is 0 Å². The van der Waals surface area contributed by atoms with Crippen molar-refractivity contribution in [2.24, 2.45) is 0 Å². The van der Waals surface area contributed by atoms with E-state index in [1.54, 1.807) is 19.1 Å². The molecule has 0 aliphatic carbocycles. The van der Waals surface area contributed by atoms with Crippen LogP contribution in [-0.2, 0) is 0 Å². The van der Waals surface area contributed by atoms with Gasteiger partial charge in [0.15, 0.2) is 0 Å². The summed E-state index contributed by atoms with van der Waals surface area (Å²) in [5.74, 6) is 0.0340. The highest BCUT2D eigenvalue weighted by Crippen LogP contribution is 2.21. The van der Waals surface area contributed by atoms with E-state index in [1.807, 2.05) is 0 Å². The van der Waals surface area contributed by atoms with Crippen LogP contribution in [0.5, 0.6) is 5.75 Å². The number of H-pyrrole nitrogens is 1. The van der Waals surface area contributed by atoms with E-state index >= 15 is 0 Å². The number of benzene rings is 1. The Morgan fingerprint density at radius 1 is 1.46 bits per heavy atom. The summed E-state index contributed by atoms with van der Waals surface area (Å²) in [6, 6.07) is 5.02. The molecule has 0 radical (unpaired) electrons. The van der Waals surface area contributed by atoms with Crippen LogP contribution in [0.1, 0.15) is 5.69 Å². The molecule has 1 heterocycles. The third kappa shape index (κ3) is 1.16. The molecule has 0 atom stereocenters. The fourth-order valence-electron chi connectivity index (χ4n) is 1.31. The van der Waals surface area contributed by atoms with Gasteiger partial charge < -0.3 is 10.1 Å². The lowest BCUT2D eigenvalue weighted by atomic mass is 10.2. The van der Waals surface area contributed by atoms with Crippen molar-refractivity contribution in [1.29, 1.82) is 0 Å². The standard InChI is InChI=1S/C9H8N2O2/c1-5-6-3-2-4-7(12)8(6)11-9(13)10-5/h2-4,12H,1H3,(H,10,11,13). The normalized spacial score (nSPS) is 10.5. The molecule has 0 aliphatic rings. The van der Waals surface area contributed by atoms with Crippen LogP contribution in [-0.4, -0.2) is 15.1 Å². The average molecular weight is 176 g/mol. The van der Waals surface area contributed by atoms with Crippen LogP contribution in [0, 0.1) is 6.92 Å². The number of rotatable bonds is 0. The number of aromatic amines is 1. The van der Waals surface area contributed by atoms with Gasteiger partial charge in [0.1, 0.15) is 11.3 Å². The summed E-state index contributed by atoms with van der Waals surface area (Å²) < 4.78 is 0. The topological polar surface area (TPSA) is 66.0 Å². The van der Waals surface area contributed by atoms with E-state index in [9.17, 15) is 9.90 Å². The molecular weight excluding hydrogens is 168 g/mol. The molecule has 0 bridgehead atoms. The van der Waals surface area contributed by atoms with Crippen molar-refractivity contribution < 1.29 is 5.11 Å². The number of aromatic hydroxyl groups is 1. The van der Waals surface area contributed by atoms with Crippen LogP contribution < -0.4 is 5.69 Å². The van der Waals surface area contributed by atoms with Gasteiger partial charge in [0.2, 0.25) is 0 Å². The minimum atomic E-state index is -0.438. The van der Waals surface area contributed by atoms with Crippen LogP contribution in [0.3, 0.4) is 0 Å². The minimum absolute atomic E-state index is 0.0340. The van der Waals surface area contributed by atoms with Crippen LogP contribution in [0.15, 0.2) is 23.0 Å². The number of aromatic nitrogens is 2. The lowest BCUT2D eigenvalue weighted by molar-refractivity contribution is 0.480. The van der Waals surface area contributed by atoms with Crippen molar-refractivity contribution in [3.8, 4) is 5.75 Å². The van der Waals surface area contributed by atoms with Crippen molar-refractivity contribution in [3.05, 3.63) is 34.4 Å². The van der Waals surface area contributed by atoms with Gasteiger partial charge in [-0.25, -0.2) is 4.79 Å². The Morgan fingerprint density at radius 2 is 2.23 bits per heavy atom. The molecule has 0 amide bonds. The SMILES string of the molecule is Cc1[nH]c(=O)nc2c(O)cccc12. The van der Waals surface area contributed by atoms with Crippen molar-refractivity contribution >= 4 is 10.9 Å². The first-order valence-electron chi connectivity index (χ1n) is 3.87. The van der Waals surface area contributed by atoms with E-state index in [4.69, 9.17) is 0 Å². The number of phenols is 1. The van der Waals surface area contributed by atoms with Crippen molar-refractivity contribution in [2.75, 3.05) is 0 Å². The lowest BCUT2D eigenvalue weighted by Crippen LogP contribution is -2.11. The van der Waals surface area contributed by atoms with Gasteiger partial charge in [-0.05, 0) is 13.0 Å². The molecule has 1 aromatic heterocycles. The summed E-state index contributed by atoms with van der Waals surface area (Å²) in [6.07, 6.45) is 0. The maximum absolute atomic E-state index is 11.0. The van der Waals surface area contributed by atoms with Gasteiger partial charge in [0.25, 0.3) is 0 Å². The first kappa shape index (κ1) is 7.79. The number of hydrogen-bond donors (Lipinski definition) is 2. The second-order valence-corrected chi connectivity index (χ2v) is 2.84. The fourth-order valence-corrected chi connectivity index (χ4v) is 1.31. The van der Waals surface area contributed by atoms with E-state index in [1.165, 1.54) is 6.07 Å². The molecule has 2 rings (SSSR count). The molecule has 4 nitrogen and oxygen atoms in total. The Kier molecular flexibility index (Phi) is 1.55. The fraction of sp³-hybridized carbons (Fsp3) is 0.111. The number of nitrogens with one attached hydrogen (secondary N) is 1. The van der Waals surface area contributed by atoms with Crippen molar-refractivity contribution in [1.82, 2.24) is 9.97 Å². The largest absolute Gasteiger partial charge is 0.506 e. The molecule has 1 aromatic carbocycles. The number of hydrogen-bond acceptors (Lipinski definition) is 3. The van der Waals surface area contributed by atoms with E-state index in [0.29, 0.717) is 11.2 Å². The van der Waals surface area contributed by atoms with Gasteiger partial charge in [-0.3, -0.25) is 0 Å². The van der Waals surface area contributed by atoms with Gasteiger partial charge in [-0.1, -0.05) is 12.1 Å². The predicted octanol–water partition coefficient (Wildman–Crippen LogP) is 0.937. The molecule has 2 N–H and O–H groups in total. The quantitative estimate of drug-likeness (QED) is 0.627. The van der Waals surface area contributed by atoms with Gasteiger partial charge >= 0.3 is 5.69 Å². The van der Waals surface area contributed by atoms with Crippen molar-refractivity contribution in [3.63, 3.8) is 0 Å². The molecule has 66 valence electrons. The molecule has 0 saturated carbocycles. The molecule has 0 unspecified atom stereocenters. The summed E-state index contributed by atoms with van der Waals surface area (Å²) in [5.41, 5.74) is 0.626. The average Bonchev–Trinajstić information content (AvgIpc) is 2.07. The Bertz CT molecular complexity index is 516. The zero-order chi connectivity index (χ0) is 9.42. The van der Waals surface area contributed by atoms with E-state index < -0.39 is 5.69 Å². The predicted molar refractivity (Wildman–Crippen MR) is 48.8 cm³/mol. The van der Waals surface area contributed by atoms with Crippen LogP contribution in [0.4, 0.5) is 0 Å².